The van der Waals surface area contributed by atoms with Crippen LogP contribution in [0.5, 0.6) is 0 Å². The minimum Gasteiger partial charge on any atom is -0.321 e. The Bertz CT molecular complexity index is 496. The Morgan fingerprint density at radius 1 is 0.938 bits per heavy atom. The van der Waals surface area contributed by atoms with Crippen LogP contribution < -0.4 is 5.32 Å². The maximum absolute atomic E-state index is 11.8. The molecule has 0 heterocycles. The van der Waals surface area contributed by atoms with E-state index in [2.05, 4.69) is 5.32 Å². The Morgan fingerprint density at radius 2 is 1.56 bits per heavy atom. The van der Waals surface area contributed by atoms with E-state index in [1.165, 1.54) is 0 Å². The summed E-state index contributed by atoms with van der Waals surface area (Å²) in [6.45, 7) is 0. The summed E-state index contributed by atoms with van der Waals surface area (Å²) in [5.74, 6) is -0.141. The molecule has 0 fully saturated rings. The van der Waals surface area contributed by atoms with Crippen LogP contribution in [-0.2, 0) is 0 Å². The van der Waals surface area contributed by atoms with Gasteiger partial charge in [0.1, 0.15) is 0 Å². The van der Waals surface area contributed by atoms with Gasteiger partial charge in [0.25, 0.3) is 5.91 Å². The summed E-state index contributed by atoms with van der Waals surface area (Å²) in [7, 11) is 0. The molecule has 0 aliphatic heterocycles. The topological polar surface area (TPSA) is 29.1 Å². The van der Waals surface area contributed by atoms with Gasteiger partial charge in [-0.25, -0.2) is 0 Å². The molecule has 79 valence electrons. The number of hydrogen-bond acceptors (Lipinski definition) is 1. The van der Waals surface area contributed by atoms with Gasteiger partial charge >= 0.3 is 0 Å². The Balaban J connectivity index is 2.18. The van der Waals surface area contributed by atoms with E-state index in [1.807, 2.05) is 30.3 Å². The summed E-state index contributed by atoms with van der Waals surface area (Å²) < 4.78 is 0. The average Bonchev–Trinajstić information content (AvgIpc) is 2.33. The SMILES string of the molecule is O=C(Nc1ccccc1[S])c1ccccc1. The number of nitrogens with one attached hydrogen (secondary N) is 1. The van der Waals surface area contributed by atoms with Crippen molar-refractivity contribution < 1.29 is 4.79 Å². The zero-order valence-corrected chi connectivity index (χ0v) is 9.33. The van der Waals surface area contributed by atoms with Crippen molar-refractivity contribution in [2.75, 3.05) is 5.32 Å². The highest BCUT2D eigenvalue weighted by Gasteiger charge is 2.06. The molecule has 2 aromatic rings. The van der Waals surface area contributed by atoms with Crippen LogP contribution in [0.1, 0.15) is 10.4 Å². The average molecular weight is 228 g/mol. The van der Waals surface area contributed by atoms with E-state index in [0.29, 0.717) is 16.1 Å². The Kier molecular flexibility index (Phi) is 3.17. The molecule has 1 amide bonds. The van der Waals surface area contributed by atoms with Gasteiger partial charge in [-0.1, -0.05) is 43.0 Å². The van der Waals surface area contributed by atoms with E-state index in [1.54, 1.807) is 24.3 Å². The van der Waals surface area contributed by atoms with Gasteiger partial charge < -0.3 is 5.32 Å². The first kappa shape index (κ1) is 10.6. The van der Waals surface area contributed by atoms with E-state index in [4.69, 9.17) is 12.6 Å². The minimum absolute atomic E-state index is 0.141. The second-order valence-corrected chi connectivity index (χ2v) is 3.76. The maximum atomic E-state index is 11.8. The van der Waals surface area contributed by atoms with Gasteiger partial charge in [0.2, 0.25) is 0 Å². The van der Waals surface area contributed by atoms with E-state index in [0.717, 1.165) is 0 Å². The molecule has 0 saturated heterocycles. The number of para-hydroxylation sites is 1. The lowest BCUT2D eigenvalue weighted by atomic mass is 10.2. The number of rotatable bonds is 2. The van der Waals surface area contributed by atoms with Gasteiger partial charge in [-0.2, -0.15) is 0 Å². The summed E-state index contributed by atoms with van der Waals surface area (Å²) in [5.41, 5.74) is 1.30. The monoisotopic (exact) mass is 228 g/mol. The number of anilines is 1. The summed E-state index contributed by atoms with van der Waals surface area (Å²) in [4.78, 5) is 12.5. The molecule has 0 unspecified atom stereocenters. The molecule has 2 nitrogen and oxygen atoms in total. The molecule has 1 N–H and O–H groups in total. The van der Waals surface area contributed by atoms with Gasteiger partial charge in [0.05, 0.1) is 10.6 Å². The lowest BCUT2D eigenvalue weighted by molar-refractivity contribution is 0.102. The van der Waals surface area contributed by atoms with E-state index < -0.39 is 0 Å². The molecule has 2 rings (SSSR count). The lowest BCUT2D eigenvalue weighted by Crippen LogP contribution is -2.11. The molecule has 16 heavy (non-hydrogen) atoms. The van der Waals surface area contributed by atoms with Gasteiger partial charge in [-0.05, 0) is 24.3 Å². The highest BCUT2D eigenvalue weighted by atomic mass is 32.1. The van der Waals surface area contributed by atoms with Gasteiger partial charge in [-0.15, -0.1) is 0 Å². The molecule has 0 spiro atoms. The standard InChI is InChI=1S/C13H10NOS/c15-13(10-6-2-1-3-7-10)14-11-8-4-5-9-12(11)16/h1-9H,(H,14,15). The summed E-state index contributed by atoms with van der Waals surface area (Å²) in [6.07, 6.45) is 0. The second-order valence-electron chi connectivity index (χ2n) is 3.32. The summed E-state index contributed by atoms with van der Waals surface area (Å²) >= 11 is 5.11. The van der Waals surface area contributed by atoms with Crippen molar-refractivity contribution in [2.45, 2.75) is 4.90 Å². The molecule has 2 aromatic carbocycles. The summed E-state index contributed by atoms with van der Waals surface area (Å²) in [6, 6.07) is 16.3. The molecular formula is C13H10NOS. The van der Waals surface area contributed by atoms with Crippen LogP contribution in [0.4, 0.5) is 5.69 Å². The molecule has 1 radical (unpaired) electrons. The predicted octanol–water partition coefficient (Wildman–Crippen LogP) is 3.50. The highest BCUT2D eigenvalue weighted by molar-refractivity contribution is 7.80. The quantitative estimate of drug-likeness (QED) is 0.837. The molecule has 0 saturated carbocycles. The fourth-order valence-corrected chi connectivity index (χ4v) is 1.55. The first-order chi connectivity index (χ1) is 7.77. The smallest absolute Gasteiger partial charge is 0.255 e. The predicted molar refractivity (Wildman–Crippen MR) is 66.7 cm³/mol. The lowest BCUT2D eigenvalue weighted by Gasteiger charge is -2.06. The minimum atomic E-state index is -0.141. The van der Waals surface area contributed by atoms with Crippen molar-refractivity contribution in [3.8, 4) is 0 Å². The third-order valence-electron chi connectivity index (χ3n) is 2.17. The molecule has 0 bridgehead atoms. The number of amides is 1. The zero-order chi connectivity index (χ0) is 11.4. The Labute approximate surface area is 99.7 Å². The Hall–Kier alpha value is -1.87. The van der Waals surface area contributed by atoms with Crippen molar-refractivity contribution in [3.05, 3.63) is 60.2 Å². The van der Waals surface area contributed by atoms with Crippen molar-refractivity contribution >= 4 is 24.2 Å². The van der Waals surface area contributed by atoms with Crippen LogP contribution in [0, 0.1) is 0 Å². The normalized spacial score (nSPS) is 9.75. The maximum Gasteiger partial charge on any atom is 0.255 e. The van der Waals surface area contributed by atoms with Crippen molar-refractivity contribution in [3.63, 3.8) is 0 Å². The van der Waals surface area contributed by atoms with E-state index >= 15 is 0 Å². The van der Waals surface area contributed by atoms with Crippen molar-refractivity contribution in [2.24, 2.45) is 0 Å². The van der Waals surface area contributed by atoms with E-state index in [-0.39, 0.29) is 5.91 Å². The van der Waals surface area contributed by atoms with Crippen LogP contribution in [0.25, 0.3) is 0 Å². The first-order valence-corrected chi connectivity index (χ1v) is 5.30. The zero-order valence-electron chi connectivity index (χ0n) is 8.51. The highest BCUT2D eigenvalue weighted by Crippen LogP contribution is 2.19. The Morgan fingerprint density at radius 3 is 2.25 bits per heavy atom. The molecule has 0 aromatic heterocycles. The second kappa shape index (κ2) is 4.77. The van der Waals surface area contributed by atoms with Gasteiger partial charge in [0, 0.05) is 5.56 Å². The number of carbonyl (C=O) groups excluding carboxylic acids is 1. The number of hydrogen-bond donors (Lipinski definition) is 1. The van der Waals surface area contributed by atoms with Crippen LogP contribution >= 0.6 is 12.6 Å². The summed E-state index contributed by atoms with van der Waals surface area (Å²) in [5, 5.41) is 2.78. The van der Waals surface area contributed by atoms with Crippen molar-refractivity contribution in [1.29, 1.82) is 0 Å². The van der Waals surface area contributed by atoms with Crippen LogP contribution in [0.15, 0.2) is 59.5 Å². The fourth-order valence-electron chi connectivity index (χ4n) is 1.35. The van der Waals surface area contributed by atoms with Gasteiger partial charge in [-0.3, -0.25) is 4.79 Å². The van der Waals surface area contributed by atoms with Crippen molar-refractivity contribution in [1.82, 2.24) is 0 Å². The number of benzene rings is 2. The largest absolute Gasteiger partial charge is 0.321 e. The third kappa shape index (κ3) is 2.38. The number of carbonyl (C=O) groups is 1. The van der Waals surface area contributed by atoms with E-state index in [9.17, 15) is 4.79 Å². The molecule has 3 heteroatoms. The van der Waals surface area contributed by atoms with Crippen LogP contribution in [-0.4, -0.2) is 5.91 Å². The fraction of sp³-hybridized carbons (Fsp3) is 0. The third-order valence-corrected chi connectivity index (χ3v) is 2.53. The molecular weight excluding hydrogens is 218 g/mol. The molecule has 0 aliphatic carbocycles. The first-order valence-electron chi connectivity index (χ1n) is 4.90. The molecule has 0 aliphatic rings. The van der Waals surface area contributed by atoms with Gasteiger partial charge in [0.15, 0.2) is 0 Å². The van der Waals surface area contributed by atoms with Crippen LogP contribution in [0.2, 0.25) is 0 Å². The molecule has 0 atom stereocenters. The van der Waals surface area contributed by atoms with Crippen LogP contribution in [0.3, 0.4) is 0 Å².